The van der Waals surface area contributed by atoms with Gasteiger partial charge in [0.2, 0.25) is 5.95 Å². The van der Waals surface area contributed by atoms with Crippen LogP contribution in [0.3, 0.4) is 0 Å². The molecule has 2 N–H and O–H groups in total. The predicted octanol–water partition coefficient (Wildman–Crippen LogP) is 4.78. The third kappa shape index (κ3) is 5.67. The van der Waals surface area contributed by atoms with E-state index in [1.807, 2.05) is 0 Å². The Morgan fingerprint density at radius 1 is 1.00 bits per heavy atom. The van der Waals surface area contributed by atoms with Gasteiger partial charge in [-0.15, -0.1) is 0 Å². The number of nitrogens with one attached hydrogen (secondary N) is 1. The number of hydrogen-bond donors (Lipinski definition) is 2. The molecule has 7 heteroatoms. The Morgan fingerprint density at radius 2 is 1.71 bits per heavy atom. The number of likely N-dealkylation sites (tertiary alicyclic amines) is 2. The molecule has 0 aromatic carbocycles. The maximum absolute atomic E-state index is 10.1. The fraction of sp³-hybridized carbons (Fsp3) is 0.786. The molecular formula is C28H46N6O. The van der Waals surface area contributed by atoms with Gasteiger partial charge in [-0.3, -0.25) is 0 Å². The molecule has 0 amide bonds. The highest BCUT2D eigenvalue weighted by atomic mass is 16.3. The molecule has 2 saturated heterocycles. The van der Waals surface area contributed by atoms with Crippen LogP contribution < -0.4 is 5.32 Å². The van der Waals surface area contributed by atoms with Crippen molar-refractivity contribution in [2.45, 2.75) is 108 Å². The van der Waals surface area contributed by atoms with Crippen LogP contribution in [0.1, 0.15) is 95.6 Å². The summed E-state index contributed by atoms with van der Waals surface area (Å²) in [6, 6.07) is 1.56. The largest absolute Gasteiger partial charge is 0.393 e. The molecular weight excluding hydrogens is 436 g/mol. The summed E-state index contributed by atoms with van der Waals surface area (Å²) in [4.78, 5) is 15.1. The molecule has 1 atom stereocenters. The monoisotopic (exact) mass is 482 g/mol. The van der Waals surface area contributed by atoms with Gasteiger partial charge in [0.25, 0.3) is 0 Å². The quantitative estimate of drug-likeness (QED) is 0.592. The van der Waals surface area contributed by atoms with Crippen molar-refractivity contribution >= 4 is 17.0 Å². The van der Waals surface area contributed by atoms with Crippen molar-refractivity contribution in [1.29, 1.82) is 0 Å². The fourth-order valence-electron chi connectivity index (χ4n) is 6.72. The summed E-state index contributed by atoms with van der Waals surface area (Å²) in [7, 11) is 2.25. The van der Waals surface area contributed by atoms with Crippen molar-refractivity contribution < 1.29 is 5.11 Å². The first-order valence-corrected chi connectivity index (χ1v) is 14.3. The Bertz CT molecular complexity index is 952. The van der Waals surface area contributed by atoms with Gasteiger partial charge in [0, 0.05) is 35.9 Å². The molecule has 5 rings (SSSR count). The topological polar surface area (TPSA) is 69.5 Å². The summed E-state index contributed by atoms with van der Waals surface area (Å²) in [5.74, 6) is 1.33. The minimum Gasteiger partial charge on any atom is -0.393 e. The maximum Gasteiger partial charge on any atom is 0.224 e. The fourth-order valence-corrected chi connectivity index (χ4v) is 6.72. The van der Waals surface area contributed by atoms with E-state index < -0.39 is 0 Å². The Balaban J connectivity index is 1.36. The van der Waals surface area contributed by atoms with E-state index in [9.17, 15) is 5.11 Å². The Hall–Kier alpha value is -1.70. The van der Waals surface area contributed by atoms with Crippen molar-refractivity contribution in [3.05, 3.63) is 18.0 Å². The SMILES string of the molecule is CCC[C@H](C)Nc1ncc2c(C3CCN(C4CCN(C)CC4)CC3)cn(C3CCC(O)CC3)c2n1. The second-order valence-electron chi connectivity index (χ2n) is 11.6. The summed E-state index contributed by atoms with van der Waals surface area (Å²) in [6.07, 6.45) is 15.5. The number of aliphatic hydroxyl groups is 1. The van der Waals surface area contributed by atoms with Crippen molar-refractivity contribution in [3.63, 3.8) is 0 Å². The first kappa shape index (κ1) is 25.0. The summed E-state index contributed by atoms with van der Waals surface area (Å²) in [6.45, 7) is 9.31. The first-order chi connectivity index (χ1) is 17.0. The van der Waals surface area contributed by atoms with Crippen molar-refractivity contribution in [3.8, 4) is 0 Å². The van der Waals surface area contributed by atoms with Crippen LogP contribution in [0.5, 0.6) is 0 Å². The Kier molecular flexibility index (Phi) is 7.95. The normalized spacial score (nSPS) is 26.9. The third-order valence-electron chi connectivity index (χ3n) is 8.93. The zero-order valence-electron chi connectivity index (χ0n) is 22.1. The molecule has 7 nitrogen and oxygen atoms in total. The van der Waals surface area contributed by atoms with Crippen LogP contribution in [0.4, 0.5) is 5.95 Å². The molecule has 2 aromatic heterocycles. The number of fused-ring (bicyclic) bond motifs is 1. The molecule has 0 unspecified atom stereocenters. The Morgan fingerprint density at radius 3 is 2.40 bits per heavy atom. The van der Waals surface area contributed by atoms with Crippen LogP contribution in [0.2, 0.25) is 0 Å². The second-order valence-corrected chi connectivity index (χ2v) is 11.6. The van der Waals surface area contributed by atoms with E-state index in [0.717, 1.165) is 56.2 Å². The van der Waals surface area contributed by atoms with Crippen LogP contribution in [0.15, 0.2) is 12.4 Å². The highest BCUT2D eigenvalue weighted by Crippen LogP contribution is 2.39. The zero-order valence-corrected chi connectivity index (χ0v) is 22.1. The number of hydrogen-bond acceptors (Lipinski definition) is 6. The number of rotatable bonds is 7. The average Bonchev–Trinajstić information content (AvgIpc) is 3.24. The van der Waals surface area contributed by atoms with Crippen molar-refractivity contribution in [1.82, 2.24) is 24.3 Å². The van der Waals surface area contributed by atoms with Gasteiger partial charge < -0.3 is 24.8 Å². The molecule has 0 radical (unpaired) electrons. The first-order valence-electron chi connectivity index (χ1n) is 14.3. The van der Waals surface area contributed by atoms with Gasteiger partial charge in [-0.1, -0.05) is 13.3 Å². The number of anilines is 1. The lowest BCUT2D eigenvalue weighted by atomic mass is 9.88. The number of aliphatic hydroxyl groups excluding tert-OH is 1. The molecule has 1 aliphatic carbocycles. The van der Waals surface area contributed by atoms with E-state index >= 15 is 0 Å². The smallest absolute Gasteiger partial charge is 0.224 e. The van der Waals surface area contributed by atoms with Gasteiger partial charge in [-0.05, 0) is 109 Å². The van der Waals surface area contributed by atoms with Crippen LogP contribution >= 0.6 is 0 Å². The lowest BCUT2D eigenvalue weighted by Crippen LogP contribution is -2.46. The molecule has 35 heavy (non-hydrogen) atoms. The van der Waals surface area contributed by atoms with Crippen LogP contribution in [0, 0.1) is 0 Å². The molecule has 2 aliphatic heterocycles. The second kappa shape index (κ2) is 11.1. The molecule has 1 saturated carbocycles. The van der Waals surface area contributed by atoms with E-state index in [2.05, 4.69) is 53.0 Å². The summed E-state index contributed by atoms with van der Waals surface area (Å²) >= 11 is 0. The molecule has 0 bridgehead atoms. The lowest BCUT2D eigenvalue weighted by Gasteiger charge is -2.41. The van der Waals surface area contributed by atoms with E-state index in [0.29, 0.717) is 18.0 Å². The predicted molar refractivity (Wildman–Crippen MR) is 143 cm³/mol. The molecule has 194 valence electrons. The van der Waals surface area contributed by atoms with Crippen LogP contribution in [-0.2, 0) is 0 Å². The van der Waals surface area contributed by atoms with E-state index in [1.165, 1.54) is 62.8 Å². The molecule has 3 fully saturated rings. The van der Waals surface area contributed by atoms with E-state index in [1.54, 1.807) is 0 Å². The molecule has 2 aromatic rings. The summed E-state index contributed by atoms with van der Waals surface area (Å²) in [5, 5.41) is 14.8. The zero-order chi connectivity index (χ0) is 24.4. The summed E-state index contributed by atoms with van der Waals surface area (Å²) in [5.41, 5.74) is 2.53. The molecule has 0 spiro atoms. The van der Waals surface area contributed by atoms with Gasteiger partial charge >= 0.3 is 0 Å². The van der Waals surface area contributed by atoms with E-state index in [-0.39, 0.29) is 6.10 Å². The maximum atomic E-state index is 10.1. The van der Waals surface area contributed by atoms with Gasteiger partial charge in [0.1, 0.15) is 5.65 Å². The van der Waals surface area contributed by atoms with Gasteiger partial charge in [-0.2, -0.15) is 4.98 Å². The van der Waals surface area contributed by atoms with Crippen LogP contribution in [-0.4, -0.2) is 80.9 Å². The van der Waals surface area contributed by atoms with Gasteiger partial charge in [-0.25, -0.2) is 4.98 Å². The molecule has 4 heterocycles. The number of aromatic nitrogens is 3. The third-order valence-corrected chi connectivity index (χ3v) is 8.93. The number of piperidine rings is 2. The highest BCUT2D eigenvalue weighted by molar-refractivity contribution is 5.81. The minimum atomic E-state index is -0.141. The standard InChI is InChI=1S/C28H46N6O/c1-4-5-20(2)30-28-29-18-25-26(19-34(27(25)31-28)23-6-8-24(35)9-7-23)21-10-16-33(17-11-21)22-12-14-32(3)15-13-22/h18-24,35H,4-17H2,1-3H3,(H,29,30,31)/t20-,23?,24?/m0/s1. The number of nitrogens with zero attached hydrogens (tertiary/aromatic N) is 5. The van der Waals surface area contributed by atoms with Gasteiger partial charge in [0.15, 0.2) is 0 Å². The van der Waals surface area contributed by atoms with Crippen molar-refractivity contribution in [2.75, 3.05) is 38.5 Å². The lowest BCUT2D eigenvalue weighted by molar-refractivity contribution is 0.0966. The highest BCUT2D eigenvalue weighted by Gasteiger charge is 2.31. The van der Waals surface area contributed by atoms with E-state index in [4.69, 9.17) is 9.97 Å². The van der Waals surface area contributed by atoms with Gasteiger partial charge in [0.05, 0.1) is 6.10 Å². The van der Waals surface area contributed by atoms with Crippen LogP contribution in [0.25, 0.3) is 11.0 Å². The minimum absolute atomic E-state index is 0.141. The van der Waals surface area contributed by atoms with Crippen molar-refractivity contribution in [2.24, 2.45) is 0 Å². The summed E-state index contributed by atoms with van der Waals surface area (Å²) < 4.78 is 2.44. The average molecular weight is 483 g/mol. The Labute approximate surface area is 211 Å². The molecule has 3 aliphatic rings.